The van der Waals surface area contributed by atoms with E-state index in [-0.39, 0.29) is 12.6 Å². The van der Waals surface area contributed by atoms with Crippen LogP contribution in [0.5, 0.6) is 5.75 Å². The van der Waals surface area contributed by atoms with Gasteiger partial charge in [-0.05, 0) is 19.1 Å². The van der Waals surface area contributed by atoms with Gasteiger partial charge >= 0.3 is 5.97 Å². The molecule has 0 saturated carbocycles. The van der Waals surface area contributed by atoms with Crippen molar-refractivity contribution in [3.05, 3.63) is 29.3 Å². The molecule has 0 saturated heterocycles. The third kappa shape index (κ3) is 1.64. The maximum Gasteiger partial charge on any atom is 0.344 e. The van der Waals surface area contributed by atoms with Crippen molar-refractivity contribution in [3.8, 4) is 5.75 Å². The van der Waals surface area contributed by atoms with Crippen molar-refractivity contribution < 1.29 is 14.3 Å². The smallest absolute Gasteiger partial charge is 0.344 e. The fourth-order valence-electron chi connectivity index (χ4n) is 1.30. The van der Waals surface area contributed by atoms with E-state index in [1.807, 2.05) is 25.1 Å². The van der Waals surface area contributed by atoms with Crippen LogP contribution in [-0.4, -0.2) is 12.6 Å². The van der Waals surface area contributed by atoms with Crippen molar-refractivity contribution >= 4 is 5.97 Å². The van der Waals surface area contributed by atoms with Crippen LogP contribution >= 0.6 is 0 Å². The van der Waals surface area contributed by atoms with Gasteiger partial charge in [0.25, 0.3) is 0 Å². The standard InChI is InChI=1S/C10H10O3/c1-7-2-3-9-8(4-7)5-13-10(11)6-12-9/h2-4H,5-6H2,1H3. The Hall–Kier alpha value is -1.51. The topological polar surface area (TPSA) is 35.5 Å². The third-order valence-corrected chi connectivity index (χ3v) is 1.95. The minimum absolute atomic E-state index is 0.00998. The number of hydrogen-bond acceptors (Lipinski definition) is 3. The molecule has 0 atom stereocenters. The highest BCUT2D eigenvalue weighted by atomic mass is 16.6. The van der Waals surface area contributed by atoms with Crippen LogP contribution in [0.15, 0.2) is 18.2 Å². The van der Waals surface area contributed by atoms with Gasteiger partial charge in [-0.1, -0.05) is 11.6 Å². The van der Waals surface area contributed by atoms with E-state index in [1.54, 1.807) is 0 Å². The molecule has 13 heavy (non-hydrogen) atoms. The van der Waals surface area contributed by atoms with Crippen LogP contribution in [-0.2, 0) is 16.1 Å². The monoisotopic (exact) mass is 178 g/mol. The summed E-state index contributed by atoms with van der Waals surface area (Å²) in [5, 5.41) is 0. The molecule has 0 aliphatic carbocycles. The van der Waals surface area contributed by atoms with Gasteiger partial charge in [0, 0.05) is 5.56 Å². The molecule has 2 rings (SSSR count). The maximum absolute atomic E-state index is 10.9. The summed E-state index contributed by atoms with van der Waals surface area (Å²) in [4.78, 5) is 10.9. The average Bonchev–Trinajstić information content (AvgIpc) is 2.29. The van der Waals surface area contributed by atoms with Gasteiger partial charge in [-0.25, -0.2) is 4.79 Å². The summed E-state index contributed by atoms with van der Waals surface area (Å²) in [5.74, 6) is 0.435. The molecular weight excluding hydrogens is 168 g/mol. The molecule has 1 aliphatic rings. The van der Waals surface area contributed by atoms with Crippen molar-refractivity contribution in [2.24, 2.45) is 0 Å². The first kappa shape index (κ1) is 8.10. The number of ether oxygens (including phenoxy) is 2. The zero-order chi connectivity index (χ0) is 9.26. The Morgan fingerprint density at radius 1 is 1.23 bits per heavy atom. The predicted octanol–water partition coefficient (Wildman–Crippen LogP) is 1.43. The number of cyclic esters (lactones) is 1. The van der Waals surface area contributed by atoms with Gasteiger partial charge < -0.3 is 9.47 Å². The number of hydrogen-bond donors (Lipinski definition) is 0. The highest BCUT2D eigenvalue weighted by Gasteiger charge is 2.14. The fraction of sp³-hybridized carbons (Fsp3) is 0.300. The minimum Gasteiger partial charge on any atom is -0.481 e. The highest BCUT2D eigenvalue weighted by Crippen LogP contribution is 2.22. The molecule has 68 valence electrons. The molecule has 3 heteroatoms. The number of aryl methyl sites for hydroxylation is 1. The van der Waals surface area contributed by atoms with E-state index < -0.39 is 0 Å². The van der Waals surface area contributed by atoms with Gasteiger partial charge in [-0.2, -0.15) is 0 Å². The van der Waals surface area contributed by atoms with E-state index >= 15 is 0 Å². The normalized spacial score (nSPS) is 15.3. The zero-order valence-corrected chi connectivity index (χ0v) is 7.37. The quantitative estimate of drug-likeness (QED) is 0.564. The van der Waals surface area contributed by atoms with Gasteiger partial charge in [-0.3, -0.25) is 0 Å². The second-order valence-electron chi connectivity index (χ2n) is 3.06. The minimum atomic E-state index is -0.311. The summed E-state index contributed by atoms with van der Waals surface area (Å²) in [7, 11) is 0. The molecule has 0 radical (unpaired) electrons. The number of carbonyl (C=O) groups is 1. The molecular formula is C10H10O3. The Morgan fingerprint density at radius 2 is 2.08 bits per heavy atom. The molecule has 1 heterocycles. The first-order valence-corrected chi connectivity index (χ1v) is 4.13. The Balaban J connectivity index is 2.35. The molecule has 0 amide bonds. The summed E-state index contributed by atoms with van der Waals surface area (Å²) < 4.78 is 10.2. The van der Waals surface area contributed by atoms with Crippen molar-refractivity contribution in [1.82, 2.24) is 0 Å². The first-order valence-electron chi connectivity index (χ1n) is 4.13. The van der Waals surface area contributed by atoms with Crippen LogP contribution in [0.25, 0.3) is 0 Å². The summed E-state index contributed by atoms with van der Waals surface area (Å²) in [6, 6.07) is 5.79. The SMILES string of the molecule is Cc1ccc2c(c1)COC(=O)CO2. The van der Waals surface area contributed by atoms with Crippen LogP contribution < -0.4 is 4.74 Å². The highest BCUT2D eigenvalue weighted by molar-refractivity contribution is 5.71. The summed E-state index contributed by atoms with van der Waals surface area (Å²) >= 11 is 0. The van der Waals surface area contributed by atoms with Crippen LogP contribution in [0, 0.1) is 6.92 Å². The molecule has 0 aromatic heterocycles. The van der Waals surface area contributed by atoms with Crippen molar-refractivity contribution in [2.75, 3.05) is 6.61 Å². The van der Waals surface area contributed by atoms with Crippen molar-refractivity contribution in [3.63, 3.8) is 0 Å². The third-order valence-electron chi connectivity index (χ3n) is 1.95. The lowest BCUT2D eigenvalue weighted by Crippen LogP contribution is -2.10. The molecule has 0 spiro atoms. The average molecular weight is 178 g/mol. The fourth-order valence-corrected chi connectivity index (χ4v) is 1.30. The van der Waals surface area contributed by atoms with E-state index in [0.717, 1.165) is 16.9 Å². The maximum atomic E-state index is 10.9. The van der Waals surface area contributed by atoms with Crippen LogP contribution in [0.3, 0.4) is 0 Å². The summed E-state index contributed by atoms with van der Waals surface area (Å²) in [6.45, 7) is 2.32. The number of carbonyl (C=O) groups excluding carboxylic acids is 1. The lowest BCUT2D eigenvalue weighted by Gasteiger charge is -2.04. The molecule has 1 aromatic rings. The lowest BCUT2D eigenvalue weighted by molar-refractivity contribution is -0.146. The van der Waals surface area contributed by atoms with Crippen LogP contribution in [0.4, 0.5) is 0 Å². The van der Waals surface area contributed by atoms with Crippen molar-refractivity contribution in [2.45, 2.75) is 13.5 Å². The van der Waals surface area contributed by atoms with Gasteiger partial charge in [0.05, 0.1) is 0 Å². The lowest BCUT2D eigenvalue weighted by atomic mass is 10.1. The van der Waals surface area contributed by atoms with E-state index in [9.17, 15) is 4.79 Å². The van der Waals surface area contributed by atoms with E-state index in [1.165, 1.54) is 0 Å². The second-order valence-corrected chi connectivity index (χ2v) is 3.06. The van der Waals surface area contributed by atoms with E-state index in [0.29, 0.717) is 6.61 Å². The molecule has 0 fully saturated rings. The van der Waals surface area contributed by atoms with Gasteiger partial charge in [-0.15, -0.1) is 0 Å². The summed E-state index contributed by atoms with van der Waals surface area (Å²) in [5.41, 5.74) is 2.08. The van der Waals surface area contributed by atoms with Gasteiger partial charge in [0.15, 0.2) is 6.61 Å². The first-order chi connectivity index (χ1) is 6.25. The summed E-state index contributed by atoms with van der Waals surface area (Å²) in [6.07, 6.45) is 0. The van der Waals surface area contributed by atoms with Gasteiger partial charge in [0.2, 0.25) is 0 Å². The van der Waals surface area contributed by atoms with E-state index in [2.05, 4.69) is 0 Å². The Labute approximate surface area is 76.3 Å². The largest absolute Gasteiger partial charge is 0.481 e. The molecule has 3 nitrogen and oxygen atoms in total. The number of benzene rings is 1. The Bertz CT molecular complexity index is 344. The molecule has 1 aliphatic heterocycles. The Kier molecular flexibility index (Phi) is 1.93. The number of rotatable bonds is 0. The zero-order valence-electron chi connectivity index (χ0n) is 7.37. The van der Waals surface area contributed by atoms with Gasteiger partial charge in [0.1, 0.15) is 12.4 Å². The number of fused-ring (bicyclic) bond motifs is 1. The Morgan fingerprint density at radius 3 is 2.92 bits per heavy atom. The number of esters is 1. The molecule has 1 aromatic carbocycles. The molecule has 0 unspecified atom stereocenters. The van der Waals surface area contributed by atoms with Crippen LogP contribution in [0.1, 0.15) is 11.1 Å². The van der Waals surface area contributed by atoms with Crippen LogP contribution in [0.2, 0.25) is 0 Å². The molecule has 0 N–H and O–H groups in total. The second kappa shape index (κ2) is 3.09. The van der Waals surface area contributed by atoms with E-state index in [4.69, 9.17) is 9.47 Å². The van der Waals surface area contributed by atoms with Crippen molar-refractivity contribution in [1.29, 1.82) is 0 Å². The predicted molar refractivity (Wildman–Crippen MR) is 46.5 cm³/mol. The molecule has 0 bridgehead atoms.